The Bertz CT molecular complexity index is 1460. The summed E-state index contributed by atoms with van der Waals surface area (Å²) >= 11 is 0. The van der Waals surface area contributed by atoms with E-state index in [0.717, 1.165) is 23.1 Å². The summed E-state index contributed by atoms with van der Waals surface area (Å²) in [6.45, 7) is 0. The minimum atomic E-state index is -4.67. The van der Waals surface area contributed by atoms with Gasteiger partial charge in [-0.15, -0.1) is 0 Å². The number of carboxylic acids is 1. The molecule has 0 spiro atoms. The fourth-order valence-electron chi connectivity index (χ4n) is 3.49. The molecule has 1 aliphatic rings. The number of aliphatic imine (C=N–C) groups is 1. The number of nitrogens with zero attached hydrogens (tertiary/aromatic N) is 2. The van der Waals surface area contributed by atoms with Crippen LogP contribution >= 0.6 is 0 Å². The summed E-state index contributed by atoms with van der Waals surface area (Å²) in [5.74, 6) is -1.47. The van der Waals surface area contributed by atoms with Gasteiger partial charge in [0.1, 0.15) is 17.3 Å². The van der Waals surface area contributed by atoms with Crippen molar-refractivity contribution in [2.45, 2.75) is 4.90 Å². The first-order valence-electron chi connectivity index (χ1n) is 9.89. The van der Waals surface area contributed by atoms with Crippen LogP contribution in [-0.2, 0) is 14.9 Å². The maximum Gasteiger partial charge on any atom is 0.337 e. The van der Waals surface area contributed by atoms with E-state index in [1.807, 2.05) is 0 Å². The Morgan fingerprint density at radius 1 is 1.03 bits per heavy atom. The number of hydrogen-bond acceptors (Lipinski definition) is 6. The van der Waals surface area contributed by atoms with Gasteiger partial charge in [0.05, 0.1) is 23.3 Å². The summed E-state index contributed by atoms with van der Waals surface area (Å²) < 4.78 is 38.3. The molecular formula is C24H18N2O7S. The van der Waals surface area contributed by atoms with Crippen LogP contribution in [0.2, 0.25) is 0 Å². The third-order valence-corrected chi connectivity index (χ3v) is 5.91. The zero-order valence-corrected chi connectivity index (χ0v) is 18.6. The molecule has 9 nitrogen and oxygen atoms in total. The number of hydrogen-bond donors (Lipinski definition) is 2. The first kappa shape index (κ1) is 22.9. The molecule has 1 amide bonds. The molecule has 10 heteroatoms. The molecule has 34 heavy (non-hydrogen) atoms. The van der Waals surface area contributed by atoms with E-state index in [-0.39, 0.29) is 22.8 Å². The van der Waals surface area contributed by atoms with Crippen LogP contribution in [0.4, 0.5) is 5.69 Å². The smallest absolute Gasteiger partial charge is 0.337 e. The third kappa shape index (κ3) is 4.32. The van der Waals surface area contributed by atoms with Gasteiger partial charge in [-0.25, -0.2) is 9.79 Å². The Balaban J connectivity index is 1.95. The molecule has 0 saturated heterocycles. The second kappa shape index (κ2) is 8.93. The van der Waals surface area contributed by atoms with E-state index in [9.17, 15) is 27.7 Å². The zero-order chi connectivity index (χ0) is 24.5. The summed E-state index contributed by atoms with van der Waals surface area (Å²) in [4.78, 5) is 30.4. The lowest BCUT2D eigenvalue weighted by atomic mass is 10.1. The Morgan fingerprint density at radius 3 is 2.35 bits per heavy atom. The quantitative estimate of drug-likeness (QED) is 0.409. The zero-order valence-electron chi connectivity index (χ0n) is 17.7. The molecule has 0 atom stereocenters. The molecule has 172 valence electrons. The van der Waals surface area contributed by atoms with Crippen LogP contribution in [0.25, 0.3) is 6.08 Å². The molecule has 0 fully saturated rings. The second-order valence-electron chi connectivity index (χ2n) is 7.17. The summed E-state index contributed by atoms with van der Waals surface area (Å²) in [5.41, 5.74) is 0.447. The average molecular weight is 478 g/mol. The van der Waals surface area contributed by atoms with Crippen LogP contribution in [0.1, 0.15) is 21.5 Å². The molecular weight excluding hydrogens is 460 g/mol. The van der Waals surface area contributed by atoms with Gasteiger partial charge in [-0.1, -0.05) is 48.5 Å². The molecule has 0 unspecified atom stereocenters. The number of aromatic carboxylic acids is 1. The number of ether oxygens (including phenoxy) is 1. The summed E-state index contributed by atoms with van der Waals surface area (Å²) in [7, 11) is -3.19. The fraction of sp³-hybridized carbons (Fsp3) is 0.0417. The van der Waals surface area contributed by atoms with E-state index in [2.05, 4.69) is 4.99 Å². The SMILES string of the molecule is COc1ccccc1C=C1N=C(c2ccccc2)N(c2cc(S(=O)(=O)O)ccc2C(=O)O)C1=O. The van der Waals surface area contributed by atoms with E-state index in [1.165, 1.54) is 13.2 Å². The number of para-hydroxylation sites is 1. The molecule has 1 heterocycles. The van der Waals surface area contributed by atoms with Crippen molar-refractivity contribution in [3.8, 4) is 5.75 Å². The van der Waals surface area contributed by atoms with E-state index >= 15 is 0 Å². The highest BCUT2D eigenvalue weighted by atomic mass is 32.2. The van der Waals surface area contributed by atoms with E-state index < -0.39 is 26.9 Å². The molecule has 3 aromatic rings. The van der Waals surface area contributed by atoms with Crippen molar-refractivity contribution in [1.29, 1.82) is 0 Å². The van der Waals surface area contributed by atoms with Gasteiger partial charge in [0.25, 0.3) is 16.0 Å². The Hall–Kier alpha value is -4.28. The van der Waals surface area contributed by atoms with Gasteiger partial charge in [0, 0.05) is 11.1 Å². The maximum absolute atomic E-state index is 13.5. The highest BCUT2D eigenvalue weighted by Crippen LogP contribution is 2.33. The van der Waals surface area contributed by atoms with Crippen molar-refractivity contribution in [1.82, 2.24) is 0 Å². The maximum atomic E-state index is 13.5. The normalized spacial score (nSPS) is 14.9. The molecule has 3 aromatic carbocycles. The van der Waals surface area contributed by atoms with Crippen molar-refractivity contribution in [2.24, 2.45) is 4.99 Å². The minimum Gasteiger partial charge on any atom is -0.496 e. The number of methoxy groups -OCH3 is 1. The molecule has 0 aliphatic carbocycles. The lowest BCUT2D eigenvalue weighted by Gasteiger charge is -2.21. The van der Waals surface area contributed by atoms with E-state index in [1.54, 1.807) is 54.6 Å². The first-order valence-corrected chi connectivity index (χ1v) is 11.3. The standard InChI is InChI=1S/C24H18N2O7S/c1-33-21-10-6-5-9-16(21)13-19-23(27)26(22(25-19)15-7-3-2-4-8-15)20-14-17(34(30,31)32)11-12-18(20)24(28)29/h2-14H,1H3,(H,28,29)(H,30,31,32). The lowest BCUT2D eigenvalue weighted by molar-refractivity contribution is -0.113. The molecule has 1 aliphatic heterocycles. The van der Waals surface area contributed by atoms with Gasteiger partial charge in [0.2, 0.25) is 0 Å². The Kier molecular flexibility index (Phi) is 6.01. The number of benzene rings is 3. The number of anilines is 1. The van der Waals surface area contributed by atoms with Gasteiger partial charge >= 0.3 is 5.97 Å². The van der Waals surface area contributed by atoms with Gasteiger partial charge in [0.15, 0.2) is 0 Å². The molecule has 0 bridgehead atoms. The summed E-state index contributed by atoms with van der Waals surface area (Å²) in [5, 5.41) is 9.71. The number of carbonyl (C=O) groups is 2. The summed E-state index contributed by atoms with van der Waals surface area (Å²) in [6.07, 6.45) is 1.50. The number of carboxylic acid groups (broad SMARTS) is 1. The van der Waals surface area contributed by atoms with Crippen molar-refractivity contribution >= 4 is 39.6 Å². The van der Waals surface area contributed by atoms with Crippen LogP contribution in [-0.4, -0.2) is 42.9 Å². The van der Waals surface area contributed by atoms with Crippen molar-refractivity contribution < 1.29 is 32.4 Å². The number of carbonyl (C=O) groups excluding carboxylic acids is 1. The van der Waals surface area contributed by atoms with Gasteiger partial charge in [-0.2, -0.15) is 8.42 Å². The van der Waals surface area contributed by atoms with Crippen molar-refractivity contribution in [3.05, 3.63) is 95.2 Å². The average Bonchev–Trinajstić information content (AvgIpc) is 3.14. The minimum absolute atomic E-state index is 0.0167. The van der Waals surface area contributed by atoms with Gasteiger partial charge < -0.3 is 9.84 Å². The molecule has 0 radical (unpaired) electrons. The second-order valence-corrected chi connectivity index (χ2v) is 8.59. The van der Waals surface area contributed by atoms with Crippen LogP contribution in [0.3, 0.4) is 0 Å². The van der Waals surface area contributed by atoms with Crippen LogP contribution in [0.5, 0.6) is 5.75 Å². The number of rotatable bonds is 6. The fourth-order valence-corrected chi connectivity index (χ4v) is 3.99. The highest BCUT2D eigenvalue weighted by molar-refractivity contribution is 7.85. The predicted molar refractivity (Wildman–Crippen MR) is 125 cm³/mol. The van der Waals surface area contributed by atoms with Gasteiger partial charge in [-0.3, -0.25) is 14.2 Å². The van der Waals surface area contributed by atoms with Crippen molar-refractivity contribution in [3.63, 3.8) is 0 Å². The number of amides is 1. The summed E-state index contributed by atoms with van der Waals surface area (Å²) in [6, 6.07) is 18.4. The Labute approximate surface area is 195 Å². The lowest BCUT2D eigenvalue weighted by Crippen LogP contribution is -2.34. The van der Waals surface area contributed by atoms with Crippen LogP contribution in [0, 0.1) is 0 Å². The molecule has 0 aromatic heterocycles. The molecule has 2 N–H and O–H groups in total. The van der Waals surface area contributed by atoms with E-state index in [4.69, 9.17) is 4.74 Å². The molecule has 0 saturated carbocycles. The van der Waals surface area contributed by atoms with Crippen LogP contribution in [0.15, 0.2) is 88.4 Å². The largest absolute Gasteiger partial charge is 0.496 e. The topological polar surface area (TPSA) is 134 Å². The molecule has 4 rings (SSSR count). The number of amidine groups is 1. The van der Waals surface area contributed by atoms with E-state index in [0.29, 0.717) is 16.9 Å². The van der Waals surface area contributed by atoms with Gasteiger partial charge in [-0.05, 0) is 30.3 Å². The first-order chi connectivity index (χ1) is 16.2. The highest BCUT2D eigenvalue weighted by Gasteiger charge is 2.35. The van der Waals surface area contributed by atoms with Crippen LogP contribution < -0.4 is 9.64 Å². The Morgan fingerprint density at radius 2 is 1.71 bits per heavy atom. The monoisotopic (exact) mass is 478 g/mol. The van der Waals surface area contributed by atoms with Crippen molar-refractivity contribution in [2.75, 3.05) is 12.0 Å². The predicted octanol–water partition coefficient (Wildman–Crippen LogP) is 3.47. The third-order valence-electron chi connectivity index (χ3n) is 5.06.